The standard InChI is InChI=1S/C18H29N5O2/c1-22-9-8-19-16(22)11-20-15-5-3-4-13(10-17(24)23(2)12-15)18(25)21-14-6-7-14/h8-9,13-15,20H,3-7,10-12H2,1-2H3,(H,21,25). The predicted molar refractivity (Wildman–Crippen MR) is 94.6 cm³/mol. The van der Waals surface area contributed by atoms with Gasteiger partial charge < -0.3 is 20.1 Å². The lowest BCUT2D eigenvalue weighted by Gasteiger charge is -2.24. The van der Waals surface area contributed by atoms with Crippen LogP contribution in [-0.4, -0.2) is 51.9 Å². The van der Waals surface area contributed by atoms with Gasteiger partial charge in [-0.1, -0.05) is 6.42 Å². The molecule has 1 aliphatic carbocycles. The smallest absolute Gasteiger partial charge is 0.223 e. The van der Waals surface area contributed by atoms with Crippen molar-refractivity contribution in [1.29, 1.82) is 0 Å². The first kappa shape index (κ1) is 17.9. The van der Waals surface area contributed by atoms with Crippen LogP contribution in [0.3, 0.4) is 0 Å². The molecule has 2 N–H and O–H groups in total. The van der Waals surface area contributed by atoms with E-state index >= 15 is 0 Å². The van der Waals surface area contributed by atoms with E-state index in [9.17, 15) is 9.59 Å². The molecule has 7 heteroatoms. The van der Waals surface area contributed by atoms with Crippen molar-refractivity contribution < 1.29 is 9.59 Å². The molecule has 2 unspecified atom stereocenters. The molecule has 1 saturated carbocycles. The number of aryl methyl sites for hydroxylation is 1. The fourth-order valence-electron chi connectivity index (χ4n) is 3.34. The highest BCUT2D eigenvalue weighted by Gasteiger charge is 2.30. The molecule has 0 aromatic carbocycles. The van der Waals surface area contributed by atoms with E-state index in [1.165, 1.54) is 0 Å². The van der Waals surface area contributed by atoms with Gasteiger partial charge in [-0.3, -0.25) is 9.59 Å². The first-order chi connectivity index (χ1) is 12.0. The Morgan fingerprint density at radius 3 is 2.72 bits per heavy atom. The topological polar surface area (TPSA) is 79.3 Å². The zero-order valence-electron chi connectivity index (χ0n) is 15.2. The molecular weight excluding hydrogens is 318 g/mol. The first-order valence-electron chi connectivity index (χ1n) is 9.27. The quantitative estimate of drug-likeness (QED) is 0.826. The van der Waals surface area contributed by atoms with Gasteiger partial charge >= 0.3 is 0 Å². The molecule has 2 heterocycles. The minimum absolute atomic E-state index is 0.0571. The summed E-state index contributed by atoms with van der Waals surface area (Å²) in [7, 11) is 3.81. The second-order valence-corrected chi connectivity index (χ2v) is 7.42. The largest absolute Gasteiger partial charge is 0.353 e. The highest BCUT2D eigenvalue weighted by Crippen LogP contribution is 2.23. The van der Waals surface area contributed by atoms with Crippen LogP contribution in [0.15, 0.2) is 12.4 Å². The van der Waals surface area contributed by atoms with E-state index in [4.69, 9.17) is 0 Å². The van der Waals surface area contributed by atoms with Crippen molar-refractivity contribution in [3.8, 4) is 0 Å². The van der Waals surface area contributed by atoms with Crippen LogP contribution in [0.2, 0.25) is 0 Å². The van der Waals surface area contributed by atoms with Crippen LogP contribution in [0.5, 0.6) is 0 Å². The maximum absolute atomic E-state index is 12.5. The fraction of sp³-hybridized carbons (Fsp3) is 0.722. The summed E-state index contributed by atoms with van der Waals surface area (Å²) >= 11 is 0. The van der Waals surface area contributed by atoms with Crippen LogP contribution in [0, 0.1) is 5.92 Å². The normalized spacial score (nSPS) is 25.2. The Bertz CT molecular complexity index is 610. The SMILES string of the molecule is CN1CC(NCc2nccn2C)CCCC(C(=O)NC2CC2)CC1=O. The van der Waals surface area contributed by atoms with Gasteiger partial charge in [-0.05, 0) is 25.7 Å². The Hall–Kier alpha value is -1.89. The summed E-state index contributed by atoms with van der Waals surface area (Å²) in [6.45, 7) is 1.35. The lowest BCUT2D eigenvalue weighted by Crippen LogP contribution is -2.42. The van der Waals surface area contributed by atoms with Crippen molar-refractivity contribution in [2.75, 3.05) is 13.6 Å². The molecule has 0 radical (unpaired) electrons. The number of nitrogens with one attached hydrogen (secondary N) is 2. The zero-order chi connectivity index (χ0) is 17.8. The lowest BCUT2D eigenvalue weighted by molar-refractivity contribution is -0.135. The second-order valence-electron chi connectivity index (χ2n) is 7.42. The molecule has 138 valence electrons. The average molecular weight is 347 g/mol. The first-order valence-corrected chi connectivity index (χ1v) is 9.27. The number of carbonyl (C=O) groups excluding carboxylic acids is 2. The monoisotopic (exact) mass is 347 g/mol. The van der Waals surface area contributed by atoms with Gasteiger partial charge in [-0.25, -0.2) is 4.98 Å². The van der Waals surface area contributed by atoms with E-state index in [0.29, 0.717) is 25.6 Å². The molecule has 2 fully saturated rings. The van der Waals surface area contributed by atoms with Crippen molar-refractivity contribution >= 4 is 11.8 Å². The molecule has 25 heavy (non-hydrogen) atoms. The Morgan fingerprint density at radius 1 is 1.24 bits per heavy atom. The summed E-state index contributed by atoms with van der Waals surface area (Å²) in [5.41, 5.74) is 0. The third kappa shape index (κ3) is 5.04. The highest BCUT2D eigenvalue weighted by atomic mass is 16.2. The average Bonchev–Trinajstić information content (AvgIpc) is 3.28. The number of hydrogen-bond acceptors (Lipinski definition) is 4. The number of aromatic nitrogens is 2. The highest BCUT2D eigenvalue weighted by molar-refractivity contribution is 5.86. The van der Waals surface area contributed by atoms with Crippen molar-refractivity contribution in [2.24, 2.45) is 13.0 Å². The van der Waals surface area contributed by atoms with Crippen molar-refractivity contribution in [3.63, 3.8) is 0 Å². The van der Waals surface area contributed by atoms with Crippen LogP contribution < -0.4 is 10.6 Å². The summed E-state index contributed by atoms with van der Waals surface area (Å²) in [4.78, 5) is 30.9. The van der Waals surface area contributed by atoms with Gasteiger partial charge in [0, 0.05) is 57.5 Å². The summed E-state index contributed by atoms with van der Waals surface area (Å²) in [5, 5.41) is 6.57. The molecule has 2 atom stereocenters. The van der Waals surface area contributed by atoms with E-state index in [2.05, 4.69) is 15.6 Å². The molecule has 0 spiro atoms. The molecule has 1 aromatic heterocycles. The number of nitrogens with zero attached hydrogens (tertiary/aromatic N) is 3. The van der Waals surface area contributed by atoms with Crippen LogP contribution in [-0.2, 0) is 23.2 Å². The van der Waals surface area contributed by atoms with E-state index in [0.717, 1.165) is 37.9 Å². The molecule has 1 aliphatic heterocycles. The lowest BCUT2D eigenvalue weighted by atomic mass is 9.96. The number of carbonyl (C=O) groups is 2. The zero-order valence-corrected chi connectivity index (χ0v) is 15.2. The number of rotatable bonds is 5. The van der Waals surface area contributed by atoms with Gasteiger partial charge in [-0.15, -0.1) is 0 Å². The Labute approximate surface area is 149 Å². The number of amides is 2. The number of hydrogen-bond donors (Lipinski definition) is 2. The molecule has 3 rings (SSSR count). The third-order valence-corrected chi connectivity index (χ3v) is 5.21. The second kappa shape index (κ2) is 7.99. The molecule has 2 aliphatic rings. The molecular formula is C18H29N5O2. The van der Waals surface area contributed by atoms with E-state index in [1.54, 1.807) is 11.1 Å². The maximum atomic E-state index is 12.5. The minimum Gasteiger partial charge on any atom is -0.353 e. The van der Waals surface area contributed by atoms with Gasteiger partial charge in [0.1, 0.15) is 5.82 Å². The van der Waals surface area contributed by atoms with Crippen LogP contribution in [0.1, 0.15) is 44.3 Å². The van der Waals surface area contributed by atoms with Crippen LogP contribution in [0.25, 0.3) is 0 Å². The van der Waals surface area contributed by atoms with Gasteiger partial charge in [0.15, 0.2) is 0 Å². The van der Waals surface area contributed by atoms with Crippen LogP contribution >= 0.6 is 0 Å². The Morgan fingerprint density at radius 2 is 2.04 bits per heavy atom. The van der Waals surface area contributed by atoms with Crippen molar-refractivity contribution in [2.45, 2.75) is 57.2 Å². The van der Waals surface area contributed by atoms with Gasteiger partial charge in [0.2, 0.25) is 11.8 Å². The summed E-state index contributed by atoms with van der Waals surface area (Å²) < 4.78 is 2.00. The summed E-state index contributed by atoms with van der Waals surface area (Å²) in [6.07, 6.45) is 8.87. The predicted octanol–water partition coefficient (Wildman–Crippen LogP) is 0.806. The van der Waals surface area contributed by atoms with E-state index < -0.39 is 0 Å². The molecule has 0 bridgehead atoms. The number of likely N-dealkylation sites (N-methyl/N-ethyl adjacent to an activating group) is 1. The summed E-state index contributed by atoms with van der Waals surface area (Å²) in [6, 6.07) is 0.566. The van der Waals surface area contributed by atoms with Crippen molar-refractivity contribution in [3.05, 3.63) is 18.2 Å². The van der Waals surface area contributed by atoms with E-state index in [1.807, 2.05) is 24.9 Å². The summed E-state index contributed by atoms with van der Waals surface area (Å²) in [5.74, 6) is 0.907. The van der Waals surface area contributed by atoms with Crippen molar-refractivity contribution in [1.82, 2.24) is 25.1 Å². The van der Waals surface area contributed by atoms with Crippen LogP contribution in [0.4, 0.5) is 0 Å². The van der Waals surface area contributed by atoms with E-state index in [-0.39, 0.29) is 23.8 Å². The fourth-order valence-corrected chi connectivity index (χ4v) is 3.34. The Balaban J connectivity index is 1.56. The van der Waals surface area contributed by atoms with Gasteiger partial charge in [-0.2, -0.15) is 0 Å². The van der Waals surface area contributed by atoms with Gasteiger partial charge in [0.05, 0.1) is 6.54 Å². The third-order valence-electron chi connectivity index (χ3n) is 5.21. The number of imidazole rings is 1. The minimum atomic E-state index is -0.191. The molecule has 1 saturated heterocycles. The molecule has 1 aromatic rings. The Kier molecular flexibility index (Phi) is 5.73. The maximum Gasteiger partial charge on any atom is 0.223 e. The van der Waals surface area contributed by atoms with Gasteiger partial charge in [0.25, 0.3) is 0 Å². The molecule has 7 nitrogen and oxygen atoms in total. The molecule has 2 amide bonds.